The van der Waals surface area contributed by atoms with Gasteiger partial charge in [0.05, 0.1) is 28.8 Å². The quantitative estimate of drug-likeness (QED) is 0.457. The molecule has 0 saturated carbocycles. The van der Waals surface area contributed by atoms with E-state index in [-0.39, 0.29) is 16.3 Å². The van der Waals surface area contributed by atoms with Crippen LogP contribution in [-0.2, 0) is 14.8 Å². The summed E-state index contributed by atoms with van der Waals surface area (Å²) in [6.45, 7) is 0. The first-order valence-corrected chi connectivity index (χ1v) is 11.8. The van der Waals surface area contributed by atoms with Gasteiger partial charge in [-0.1, -0.05) is 53.5 Å². The molecule has 0 bridgehead atoms. The smallest absolute Gasteiger partial charge is 0.243 e. The number of carbonyl (C=O) groups is 1. The number of halogens is 2. The second-order valence-corrected chi connectivity index (χ2v) is 9.84. The van der Waals surface area contributed by atoms with Crippen LogP contribution in [0.1, 0.15) is 18.0 Å². The largest absolute Gasteiger partial charge is 0.497 e. The van der Waals surface area contributed by atoms with Crippen molar-refractivity contribution < 1.29 is 17.9 Å². The van der Waals surface area contributed by atoms with Crippen molar-refractivity contribution in [2.75, 3.05) is 19.5 Å². The average molecular weight is 493 g/mol. The Labute approximate surface area is 197 Å². The highest BCUT2D eigenvalue weighted by Crippen LogP contribution is 2.31. The van der Waals surface area contributed by atoms with Gasteiger partial charge in [0.25, 0.3) is 0 Å². The monoisotopic (exact) mass is 492 g/mol. The molecule has 3 aromatic rings. The Bertz CT molecular complexity index is 1190. The molecule has 1 atom stereocenters. The van der Waals surface area contributed by atoms with Crippen molar-refractivity contribution in [1.29, 1.82) is 0 Å². The molecule has 32 heavy (non-hydrogen) atoms. The summed E-state index contributed by atoms with van der Waals surface area (Å²) in [4.78, 5) is 13.0. The van der Waals surface area contributed by atoms with Crippen LogP contribution in [-0.4, -0.2) is 32.8 Å². The van der Waals surface area contributed by atoms with E-state index in [1.165, 1.54) is 29.6 Å². The molecule has 3 rings (SSSR count). The molecule has 0 fully saturated rings. The summed E-state index contributed by atoms with van der Waals surface area (Å²) in [5, 5.41) is 3.46. The second kappa shape index (κ2) is 10.4. The topological polar surface area (TPSA) is 75.7 Å². The number of carbonyl (C=O) groups excluding carboxylic acids is 1. The first kappa shape index (κ1) is 24.1. The normalized spacial score (nSPS) is 12.4. The predicted molar refractivity (Wildman–Crippen MR) is 127 cm³/mol. The maximum absolute atomic E-state index is 13.2. The molecule has 1 amide bonds. The maximum atomic E-state index is 13.2. The molecular formula is C23H22Cl2N2O4S. The lowest BCUT2D eigenvalue weighted by molar-refractivity contribution is -0.117. The van der Waals surface area contributed by atoms with E-state index >= 15 is 0 Å². The van der Waals surface area contributed by atoms with Crippen LogP contribution in [0.2, 0.25) is 10.0 Å². The number of rotatable bonds is 8. The van der Waals surface area contributed by atoms with E-state index < -0.39 is 22.0 Å². The highest BCUT2D eigenvalue weighted by atomic mass is 35.5. The van der Waals surface area contributed by atoms with Gasteiger partial charge in [-0.2, -0.15) is 4.31 Å². The summed E-state index contributed by atoms with van der Waals surface area (Å²) < 4.78 is 32.9. The highest BCUT2D eigenvalue weighted by Gasteiger charge is 2.31. The molecular weight excluding hydrogens is 471 g/mol. The van der Waals surface area contributed by atoms with Crippen molar-refractivity contribution in [2.24, 2.45) is 0 Å². The molecule has 0 aromatic heterocycles. The van der Waals surface area contributed by atoms with Gasteiger partial charge >= 0.3 is 0 Å². The maximum Gasteiger partial charge on any atom is 0.243 e. The minimum absolute atomic E-state index is 0.131. The predicted octanol–water partition coefficient (Wildman–Crippen LogP) is 5.39. The molecule has 0 saturated heterocycles. The molecule has 0 aliphatic heterocycles. The Morgan fingerprint density at radius 2 is 1.69 bits per heavy atom. The molecule has 0 spiro atoms. The first-order chi connectivity index (χ1) is 15.2. The Morgan fingerprint density at radius 3 is 2.28 bits per heavy atom. The van der Waals surface area contributed by atoms with Crippen molar-refractivity contribution in [3.63, 3.8) is 0 Å². The third-order valence-corrected chi connectivity index (χ3v) is 7.37. The van der Waals surface area contributed by atoms with Crippen LogP contribution in [0.25, 0.3) is 0 Å². The number of sulfonamides is 1. The lowest BCUT2D eigenvalue weighted by Gasteiger charge is -2.28. The Morgan fingerprint density at radius 1 is 1.03 bits per heavy atom. The summed E-state index contributed by atoms with van der Waals surface area (Å²) in [5.74, 6) is 0.226. The molecule has 6 nitrogen and oxygen atoms in total. The third kappa shape index (κ3) is 5.61. The van der Waals surface area contributed by atoms with Gasteiger partial charge in [0.2, 0.25) is 15.9 Å². The summed E-state index contributed by atoms with van der Waals surface area (Å²) >= 11 is 12.1. The number of hydrogen-bond donors (Lipinski definition) is 1. The fourth-order valence-corrected chi connectivity index (χ4v) is 5.00. The standard InChI is InChI=1S/C23H22Cl2N2O4S/c1-27(32(29,30)19-6-4-3-5-7-19)22(16-8-11-18(31-2)12-9-16)15-23(28)26-21-13-10-17(24)14-20(21)25/h3-14,22H,15H2,1-2H3,(H,26,28)/t22-/m0/s1. The van der Waals surface area contributed by atoms with Crippen molar-refractivity contribution in [1.82, 2.24) is 4.31 Å². The molecule has 1 N–H and O–H groups in total. The van der Waals surface area contributed by atoms with Gasteiger partial charge in [-0.25, -0.2) is 8.42 Å². The van der Waals surface area contributed by atoms with E-state index in [9.17, 15) is 13.2 Å². The van der Waals surface area contributed by atoms with Gasteiger partial charge in [0.1, 0.15) is 5.75 Å². The molecule has 0 aliphatic rings. The number of ether oxygens (including phenoxy) is 1. The van der Waals surface area contributed by atoms with Crippen LogP contribution in [0.3, 0.4) is 0 Å². The minimum Gasteiger partial charge on any atom is -0.497 e. The number of hydrogen-bond acceptors (Lipinski definition) is 4. The molecule has 168 valence electrons. The van der Waals surface area contributed by atoms with E-state index in [2.05, 4.69) is 5.32 Å². The van der Waals surface area contributed by atoms with Gasteiger partial charge < -0.3 is 10.1 Å². The lowest BCUT2D eigenvalue weighted by Crippen LogP contribution is -2.33. The van der Waals surface area contributed by atoms with Gasteiger partial charge in [-0.3, -0.25) is 4.79 Å². The number of nitrogens with zero attached hydrogens (tertiary/aromatic N) is 1. The fourth-order valence-electron chi connectivity index (χ4n) is 3.18. The molecule has 3 aromatic carbocycles. The van der Waals surface area contributed by atoms with E-state index in [0.29, 0.717) is 22.0 Å². The Hall–Kier alpha value is -2.58. The van der Waals surface area contributed by atoms with Crippen LogP contribution in [0.15, 0.2) is 77.7 Å². The van der Waals surface area contributed by atoms with E-state index in [1.54, 1.807) is 61.7 Å². The third-order valence-electron chi connectivity index (χ3n) is 4.94. The summed E-state index contributed by atoms with van der Waals surface area (Å²) in [6.07, 6.45) is -0.131. The summed E-state index contributed by atoms with van der Waals surface area (Å²) in [7, 11) is -0.854. The summed E-state index contributed by atoms with van der Waals surface area (Å²) in [5.41, 5.74) is 1.04. The van der Waals surface area contributed by atoms with E-state index in [1.807, 2.05) is 0 Å². The Kier molecular flexibility index (Phi) is 7.79. The molecule has 0 heterocycles. The first-order valence-electron chi connectivity index (χ1n) is 9.64. The SMILES string of the molecule is COc1ccc([C@H](CC(=O)Nc2ccc(Cl)cc2Cl)N(C)S(=O)(=O)c2ccccc2)cc1. The van der Waals surface area contributed by atoms with Crippen molar-refractivity contribution in [2.45, 2.75) is 17.4 Å². The number of anilines is 1. The fraction of sp³-hybridized carbons (Fsp3) is 0.174. The molecule has 0 unspecified atom stereocenters. The van der Waals surface area contributed by atoms with E-state index in [4.69, 9.17) is 27.9 Å². The number of methoxy groups -OCH3 is 1. The summed E-state index contributed by atoms with van der Waals surface area (Å²) in [6, 6.07) is 19.0. The van der Waals surface area contributed by atoms with Gasteiger partial charge in [0.15, 0.2) is 0 Å². The zero-order valence-corrected chi connectivity index (χ0v) is 19.8. The van der Waals surface area contributed by atoms with Gasteiger partial charge in [-0.15, -0.1) is 0 Å². The van der Waals surface area contributed by atoms with Crippen LogP contribution in [0, 0.1) is 0 Å². The van der Waals surface area contributed by atoms with Gasteiger partial charge in [0, 0.05) is 18.5 Å². The van der Waals surface area contributed by atoms with Crippen molar-refractivity contribution in [3.8, 4) is 5.75 Å². The molecule has 0 radical (unpaired) electrons. The van der Waals surface area contributed by atoms with Crippen LogP contribution < -0.4 is 10.1 Å². The van der Waals surface area contributed by atoms with Crippen molar-refractivity contribution in [3.05, 3.63) is 88.4 Å². The number of nitrogens with one attached hydrogen (secondary N) is 1. The average Bonchev–Trinajstić information content (AvgIpc) is 2.79. The van der Waals surface area contributed by atoms with Crippen LogP contribution >= 0.6 is 23.2 Å². The number of benzene rings is 3. The molecule has 9 heteroatoms. The second-order valence-electron chi connectivity index (χ2n) is 7.00. The lowest BCUT2D eigenvalue weighted by atomic mass is 10.0. The molecule has 0 aliphatic carbocycles. The van der Waals surface area contributed by atoms with Crippen LogP contribution in [0.4, 0.5) is 5.69 Å². The van der Waals surface area contributed by atoms with E-state index in [0.717, 1.165) is 0 Å². The van der Waals surface area contributed by atoms with Crippen molar-refractivity contribution >= 4 is 44.8 Å². The Balaban J connectivity index is 1.92. The number of amides is 1. The zero-order valence-electron chi connectivity index (χ0n) is 17.5. The highest BCUT2D eigenvalue weighted by molar-refractivity contribution is 7.89. The minimum atomic E-state index is -3.86. The van der Waals surface area contributed by atoms with Crippen LogP contribution in [0.5, 0.6) is 5.75 Å². The van der Waals surface area contributed by atoms with Gasteiger partial charge in [-0.05, 0) is 48.0 Å². The zero-order chi connectivity index (χ0) is 23.3.